The normalized spacial score (nSPS) is 10.4. The molecule has 0 bridgehead atoms. The third kappa shape index (κ3) is 2.85. The van der Waals surface area contributed by atoms with Gasteiger partial charge in [0.05, 0.1) is 12.8 Å². The minimum absolute atomic E-state index is 0.296. The molecule has 1 heterocycles. The molecule has 1 aromatic rings. The molecule has 0 atom stereocenters. The second-order valence-corrected chi connectivity index (χ2v) is 2.80. The number of methoxy groups -OCH3 is 1. The smallest absolute Gasteiger partial charge is 0.356 e. The number of hydrogen-bond donors (Lipinski definition) is 0. The Kier molecular flexibility index (Phi) is 4.13. The summed E-state index contributed by atoms with van der Waals surface area (Å²) in [5.41, 5.74) is 0.984. The van der Waals surface area contributed by atoms with Crippen LogP contribution < -0.4 is 0 Å². The first kappa shape index (κ1) is 10.7. The van der Waals surface area contributed by atoms with Gasteiger partial charge in [-0.1, -0.05) is 12.1 Å². The monoisotopic (exact) mass is 211 g/mol. The topological polar surface area (TPSA) is 39.2 Å². The Bertz CT molecular complexity index is 350. The van der Waals surface area contributed by atoms with E-state index in [0.29, 0.717) is 17.3 Å². The standard InChI is InChI=1S/C10H10ClNO2/c1-14-10(13)9-6-2-4-8(12-9)5-3-7-11/h2-6H,7H2,1H3. The van der Waals surface area contributed by atoms with Crippen molar-refractivity contribution in [3.05, 3.63) is 35.7 Å². The molecule has 74 valence electrons. The van der Waals surface area contributed by atoms with Gasteiger partial charge in [0.15, 0.2) is 0 Å². The lowest BCUT2D eigenvalue weighted by Crippen LogP contribution is -2.04. The predicted octanol–water partition coefficient (Wildman–Crippen LogP) is 2.12. The largest absolute Gasteiger partial charge is 0.464 e. The maximum atomic E-state index is 11.1. The molecule has 0 saturated heterocycles. The van der Waals surface area contributed by atoms with Crippen molar-refractivity contribution in [1.82, 2.24) is 4.98 Å². The van der Waals surface area contributed by atoms with E-state index in [9.17, 15) is 4.79 Å². The van der Waals surface area contributed by atoms with Crippen molar-refractivity contribution < 1.29 is 9.53 Å². The van der Waals surface area contributed by atoms with Gasteiger partial charge >= 0.3 is 5.97 Å². The van der Waals surface area contributed by atoms with E-state index in [0.717, 1.165) is 0 Å². The van der Waals surface area contributed by atoms with Crippen molar-refractivity contribution in [2.75, 3.05) is 13.0 Å². The fourth-order valence-electron chi connectivity index (χ4n) is 0.928. The van der Waals surface area contributed by atoms with Gasteiger partial charge in [-0.05, 0) is 18.2 Å². The fraction of sp³-hybridized carbons (Fsp3) is 0.200. The molecule has 0 aliphatic heterocycles. The van der Waals surface area contributed by atoms with E-state index in [1.165, 1.54) is 7.11 Å². The average Bonchev–Trinajstić information content (AvgIpc) is 2.25. The predicted molar refractivity (Wildman–Crippen MR) is 55.3 cm³/mol. The summed E-state index contributed by atoms with van der Waals surface area (Å²) < 4.78 is 4.54. The number of alkyl halides is 1. The van der Waals surface area contributed by atoms with Gasteiger partial charge in [0.25, 0.3) is 0 Å². The SMILES string of the molecule is COC(=O)c1cccc(C=CCCl)n1. The minimum Gasteiger partial charge on any atom is -0.464 e. The molecule has 4 heteroatoms. The highest BCUT2D eigenvalue weighted by Crippen LogP contribution is 2.03. The highest BCUT2D eigenvalue weighted by atomic mass is 35.5. The molecule has 0 unspecified atom stereocenters. The third-order valence-electron chi connectivity index (χ3n) is 1.54. The van der Waals surface area contributed by atoms with Crippen LogP contribution in [-0.4, -0.2) is 23.9 Å². The number of allylic oxidation sites excluding steroid dienone is 1. The molecule has 0 saturated carbocycles. The van der Waals surface area contributed by atoms with E-state index in [1.54, 1.807) is 30.4 Å². The molecular weight excluding hydrogens is 202 g/mol. The van der Waals surface area contributed by atoms with Crippen molar-refractivity contribution in [2.45, 2.75) is 0 Å². The molecule has 1 rings (SSSR count). The van der Waals surface area contributed by atoms with Crippen LogP contribution in [0, 0.1) is 0 Å². The Hall–Kier alpha value is -1.35. The number of aromatic nitrogens is 1. The van der Waals surface area contributed by atoms with Crippen LogP contribution >= 0.6 is 11.6 Å². The van der Waals surface area contributed by atoms with E-state index in [-0.39, 0.29) is 0 Å². The number of carbonyl (C=O) groups is 1. The van der Waals surface area contributed by atoms with Gasteiger partial charge in [0.1, 0.15) is 5.69 Å². The summed E-state index contributed by atoms with van der Waals surface area (Å²) in [6.45, 7) is 0. The van der Waals surface area contributed by atoms with Crippen LogP contribution in [0.2, 0.25) is 0 Å². The van der Waals surface area contributed by atoms with Gasteiger partial charge < -0.3 is 4.74 Å². The maximum absolute atomic E-state index is 11.1. The lowest BCUT2D eigenvalue weighted by Gasteiger charge is -1.98. The summed E-state index contributed by atoms with van der Waals surface area (Å²) in [6.07, 6.45) is 3.50. The number of halogens is 1. The van der Waals surface area contributed by atoms with Gasteiger partial charge in [-0.2, -0.15) is 0 Å². The second kappa shape index (κ2) is 5.40. The molecule has 0 aliphatic carbocycles. The van der Waals surface area contributed by atoms with Crippen molar-refractivity contribution in [3.8, 4) is 0 Å². The third-order valence-corrected chi connectivity index (χ3v) is 1.72. The molecule has 0 N–H and O–H groups in total. The lowest BCUT2D eigenvalue weighted by molar-refractivity contribution is 0.0594. The molecule has 0 fully saturated rings. The van der Waals surface area contributed by atoms with Gasteiger partial charge in [0.2, 0.25) is 0 Å². The summed E-state index contributed by atoms with van der Waals surface area (Å²) >= 11 is 5.47. The quantitative estimate of drug-likeness (QED) is 0.568. The fourth-order valence-corrected chi connectivity index (χ4v) is 1.02. The Balaban J connectivity index is 2.89. The highest BCUT2D eigenvalue weighted by Gasteiger charge is 2.05. The first-order valence-electron chi connectivity index (χ1n) is 4.06. The lowest BCUT2D eigenvalue weighted by atomic mass is 10.3. The van der Waals surface area contributed by atoms with E-state index in [2.05, 4.69) is 9.72 Å². The van der Waals surface area contributed by atoms with E-state index in [1.807, 2.05) is 0 Å². The van der Waals surface area contributed by atoms with Crippen molar-refractivity contribution in [3.63, 3.8) is 0 Å². The zero-order valence-electron chi connectivity index (χ0n) is 7.74. The molecule has 14 heavy (non-hydrogen) atoms. The summed E-state index contributed by atoms with van der Waals surface area (Å²) in [4.78, 5) is 15.2. The summed E-state index contributed by atoms with van der Waals surface area (Å²) in [5.74, 6) is -0.0180. The molecule has 0 amide bonds. The number of hydrogen-bond acceptors (Lipinski definition) is 3. The summed E-state index contributed by atoms with van der Waals surface area (Å²) in [7, 11) is 1.32. The Morgan fingerprint density at radius 1 is 1.64 bits per heavy atom. The minimum atomic E-state index is -0.439. The average molecular weight is 212 g/mol. The molecule has 0 aromatic carbocycles. The number of esters is 1. The van der Waals surface area contributed by atoms with Gasteiger partial charge in [-0.3, -0.25) is 0 Å². The number of nitrogens with zero attached hydrogens (tertiary/aromatic N) is 1. The summed E-state index contributed by atoms with van der Waals surface area (Å²) in [5, 5.41) is 0. The van der Waals surface area contributed by atoms with Crippen LogP contribution in [0.5, 0.6) is 0 Å². The number of pyridine rings is 1. The van der Waals surface area contributed by atoms with Crippen molar-refractivity contribution >= 4 is 23.6 Å². The number of ether oxygens (including phenoxy) is 1. The van der Waals surface area contributed by atoms with Crippen molar-refractivity contribution in [2.24, 2.45) is 0 Å². The van der Waals surface area contributed by atoms with Crippen molar-refractivity contribution in [1.29, 1.82) is 0 Å². The first-order chi connectivity index (χ1) is 6.77. The highest BCUT2D eigenvalue weighted by molar-refractivity contribution is 6.19. The Morgan fingerprint density at radius 3 is 3.07 bits per heavy atom. The van der Waals surface area contributed by atoms with Crippen LogP contribution in [0.1, 0.15) is 16.2 Å². The van der Waals surface area contributed by atoms with Gasteiger partial charge in [0, 0.05) is 5.88 Å². The Labute approximate surface area is 87.4 Å². The summed E-state index contributed by atoms with van der Waals surface area (Å²) in [6, 6.07) is 5.13. The molecule has 3 nitrogen and oxygen atoms in total. The van der Waals surface area contributed by atoms with Crippen LogP contribution in [0.3, 0.4) is 0 Å². The molecule has 1 aromatic heterocycles. The molecule has 0 aliphatic rings. The molecule has 0 spiro atoms. The van der Waals surface area contributed by atoms with Gasteiger partial charge in [-0.15, -0.1) is 11.6 Å². The van der Waals surface area contributed by atoms with E-state index < -0.39 is 5.97 Å². The van der Waals surface area contributed by atoms with Crippen LogP contribution in [-0.2, 0) is 4.74 Å². The molecular formula is C10H10ClNO2. The maximum Gasteiger partial charge on any atom is 0.356 e. The second-order valence-electron chi connectivity index (χ2n) is 2.50. The zero-order valence-corrected chi connectivity index (χ0v) is 8.49. The number of carbonyl (C=O) groups excluding carboxylic acids is 1. The number of rotatable bonds is 3. The Morgan fingerprint density at radius 2 is 2.43 bits per heavy atom. The molecule has 0 radical (unpaired) electrons. The van der Waals surface area contributed by atoms with E-state index >= 15 is 0 Å². The van der Waals surface area contributed by atoms with Crippen LogP contribution in [0.25, 0.3) is 6.08 Å². The first-order valence-corrected chi connectivity index (χ1v) is 4.59. The van der Waals surface area contributed by atoms with Crippen LogP contribution in [0.15, 0.2) is 24.3 Å². The van der Waals surface area contributed by atoms with Gasteiger partial charge in [-0.25, -0.2) is 9.78 Å². The van der Waals surface area contributed by atoms with E-state index in [4.69, 9.17) is 11.6 Å². The zero-order chi connectivity index (χ0) is 10.4. The van der Waals surface area contributed by atoms with Crippen LogP contribution in [0.4, 0.5) is 0 Å².